The van der Waals surface area contributed by atoms with E-state index in [0.29, 0.717) is 49.8 Å². The smallest absolute Gasteiger partial charge is 0.265 e. The van der Waals surface area contributed by atoms with Crippen LogP contribution in [0.2, 0.25) is 5.02 Å². The van der Waals surface area contributed by atoms with Crippen LogP contribution in [0.1, 0.15) is 21.8 Å². The second-order valence-electron chi connectivity index (χ2n) is 6.60. The number of aryl methyl sites for hydroxylation is 2. The number of pyridine rings is 1. The maximum Gasteiger partial charge on any atom is 0.265 e. The number of carbonyl (C=O) groups excluding carboxylic acids is 1. The van der Waals surface area contributed by atoms with E-state index in [-0.39, 0.29) is 0 Å². The SMILES string of the molecule is COc1ccc2ccc(=O)n(C(=O)c3ccc(Cl)cc3)c2c1-c1c(C)noc1C. The lowest BCUT2D eigenvalue weighted by atomic mass is 9.98. The van der Waals surface area contributed by atoms with Crippen LogP contribution in [0.25, 0.3) is 22.0 Å². The highest BCUT2D eigenvalue weighted by molar-refractivity contribution is 6.30. The van der Waals surface area contributed by atoms with Gasteiger partial charge in [-0.1, -0.05) is 16.8 Å². The number of ether oxygens (including phenoxy) is 1. The molecule has 0 N–H and O–H groups in total. The molecule has 0 saturated heterocycles. The van der Waals surface area contributed by atoms with E-state index in [0.717, 1.165) is 4.57 Å². The van der Waals surface area contributed by atoms with Crippen LogP contribution in [0.15, 0.2) is 57.8 Å². The van der Waals surface area contributed by atoms with E-state index in [1.807, 2.05) is 0 Å². The summed E-state index contributed by atoms with van der Waals surface area (Å²) in [7, 11) is 1.54. The minimum Gasteiger partial charge on any atom is -0.496 e. The summed E-state index contributed by atoms with van der Waals surface area (Å²) in [6.45, 7) is 3.58. The van der Waals surface area contributed by atoms with Crippen molar-refractivity contribution in [3.8, 4) is 16.9 Å². The molecule has 2 aromatic carbocycles. The van der Waals surface area contributed by atoms with Crippen LogP contribution in [0, 0.1) is 13.8 Å². The summed E-state index contributed by atoms with van der Waals surface area (Å²) in [6.07, 6.45) is 0. The molecule has 0 fully saturated rings. The van der Waals surface area contributed by atoms with Gasteiger partial charge in [-0.05, 0) is 61.7 Å². The lowest BCUT2D eigenvalue weighted by Crippen LogP contribution is -2.27. The molecule has 0 atom stereocenters. The van der Waals surface area contributed by atoms with Gasteiger partial charge < -0.3 is 9.26 Å². The van der Waals surface area contributed by atoms with Crippen molar-refractivity contribution in [1.82, 2.24) is 9.72 Å². The van der Waals surface area contributed by atoms with Crippen LogP contribution in [-0.2, 0) is 0 Å². The Labute approximate surface area is 171 Å². The molecular weight excluding hydrogens is 392 g/mol. The van der Waals surface area contributed by atoms with Crippen LogP contribution in [0.3, 0.4) is 0 Å². The van der Waals surface area contributed by atoms with Gasteiger partial charge in [0, 0.05) is 16.7 Å². The molecule has 0 amide bonds. The van der Waals surface area contributed by atoms with Crippen molar-refractivity contribution in [2.75, 3.05) is 7.11 Å². The van der Waals surface area contributed by atoms with Gasteiger partial charge in [0.05, 0.1) is 29.4 Å². The fraction of sp³-hybridized carbons (Fsp3) is 0.136. The molecule has 6 nitrogen and oxygen atoms in total. The van der Waals surface area contributed by atoms with Crippen molar-refractivity contribution >= 4 is 28.4 Å². The zero-order valence-corrected chi connectivity index (χ0v) is 16.8. The summed E-state index contributed by atoms with van der Waals surface area (Å²) in [5, 5.41) is 5.24. The summed E-state index contributed by atoms with van der Waals surface area (Å²) >= 11 is 5.94. The van der Waals surface area contributed by atoms with Crippen molar-refractivity contribution in [2.45, 2.75) is 13.8 Å². The van der Waals surface area contributed by atoms with Crippen molar-refractivity contribution in [2.24, 2.45) is 0 Å². The molecule has 4 rings (SSSR count). The van der Waals surface area contributed by atoms with Gasteiger partial charge in [-0.2, -0.15) is 0 Å². The van der Waals surface area contributed by atoms with Gasteiger partial charge >= 0.3 is 0 Å². The first-order valence-corrected chi connectivity index (χ1v) is 9.26. The van der Waals surface area contributed by atoms with Gasteiger partial charge in [-0.25, -0.2) is 4.57 Å². The Morgan fingerprint density at radius 2 is 1.72 bits per heavy atom. The highest BCUT2D eigenvalue weighted by atomic mass is 35.5. The Hall–Kier alpha value is -3.38. The first-order chi connectivity index (χ1) is 13.9. The Kier molecular flexibility index (Phi) is 4.72. The monoisotopic (exact) mass is 408 g/mol. The summed E-state index contributed by atoms with van der Waals surface area (Å²) < 4.78 is 12.1. The number of hydrogen-bond acceptors (Lipinski definition) is 5. The van der Waals surface area contributed by atoms with Crippen molar-refractivity contribution < 1.29 is 14.1 Å². The minimum atomic E-state index is -0.460. The molecule has 0 unspecified atom stereocenters. The molecule has 0 spiro atoms. The van der Waals surface area contributed by atoms with Gasteiger partial charge in [0.25, 0.3) is 11.5 Å². The molecule has 0 aliphatic carbocycles. The van der Waals surface area contributed by atoms with Gasteiger partial charge in [0.2, 0.25) is 0 Å². The third-order valence-electron chi connectivity index (χ3n) is 4.82. The molecule has 0 bridgehead atoms. The number of nitrogens with zero attached hydrogens (tertiary/aromatic N) is 2. The number of methoxy groups -OCH3 is 1. The van der Waals surface area contributed by atoms with E-state index in [2.05, 4.69) is 5.16 Å². The zero-order chi connectivity index (χ0) is 20.7. The van der Waals surface area contributed by atoms with Crippen molar-refractivity contribution in [1.29, 1.82) is 0 Å². The Balaban J connectivity index is 2.13. The summed E-state index contributed by atoms with van der Waals surface area (Å²) in [4.78, 5) is 26.2. The average Bonchev–Trinajstić information content (AvgIpc) is 3.05. The number of carbonyl (C=O) groups is 1. The molecule has 146 valence electrons. The van der Waals surface area contributed by atoms with Crippen LogP contribution in [-0.4, -0.2) is 22.7 Å². The molecule has 2 aromatic heterocycles. The highest BCUT2D eigenvalue weighted by Gasteiger charge is 2.24. The standard InChI is InChI=1S/C22H17ClN2O4/c1-12-19(13(2)29-24-12)20-17(28-3)10-6-14-7-11-18(26)25(21(14)20)22(27)15-4-8-16(23)9-5-15/h4-11H,1-3H3. The predicted molar refractivity (Wildman–Crippen MR) is 111 cm³/mol. The third kappa shape index (κ3) is 3.11. The van der Waals surface area contributed by atoms with E-state index >= 15 is 0 Å². The van der Waals surface area contributed by atoms with E-state index in [4.69, 9.17) is 20.9 Å². The molecule has 2 heterocycles. The van der Waals surface area contributed by atoms with Gasteiger partial charge in [-0.15, -0.1) is 0 Å². The van der Waals surface area contributed by atoms with Gasteiger partial charge in [0.15, 0.2) is 0 Å². The second kappa shape index (κ2) is 7.22. The van der Waals surface area contributed by atoms with Crippen LogP contribution < -0.4 is 10.3 Å². The number of hydrogen-bond donors (Lipinski definition) is 0. The van der Waals surface area contributed by atoms with Crippen LogP contribution >= 0.6 is 11.6 Å². The fourth-order valence-corrected chi connectivity index (χ4v) is 3.61. The Morgan fingerprint density at radius 1 is 1.03 bits per heavy atom. The predicted octanol–water partition coefficient (Wildman–Crippen LogP) is 4.62. The number of halogens is 1. The zero-order valence-electron chi connectivity index (χ0n) is 16.0. The van der Waals surface area contributed by atoms with Crippen LogP contribution in [0.4, 0.5) is 0 Å². The number of fused-ring (bicyclic) bond motifs is 1. The second-order valence-corrected chi connectivity index (χ2v) is 7.04. The van der Waals surface area contributed by atoms with Gasteiger partial charge in [0.1, 0.15) is 11.5 Å². The normalized spacial score (nSPS) is 11.0. The molecule has 4 aromatic rings. The van der Waals surface area contributed by atoms with E-state index < -0.39 is 11.5 Å². The van der Waals surface area contributed by atoms with E-state index in [1.165, 1.54) is 13.2 Å². The van der Waals surface area contributed by atoms with E-state index in [9.17, 15) is 9.59 Å². The number of aromatic nitrogens is 2. The molecule has 0 aliphatic heterocycles. The number of benzene rings is 2. The maximum atomic E-state index is 13.3. The third-order valence-corrected chi connectivity index (χ3v) is 5.07. The molecule has 0 aliphatic rings. The van der Waals surface area contributed by atoms with E-state index in [1.54, 1.807) is 56.3 Å². The highest BCUT2D eigenvalue weighted by Crippen LogP contribution is 2.40. The summed E-state index contributed by atoms with van der Waals surface area (Å²) in [5.41, 5.74) is 2.24. The number of rotatable bonds is 3. The molecule has 29 heavy (non-hydrogen) atoms. The molecule has 7 heteroatoms. The molecule has 0 saturated carbocycles. The molecular formula is C22H17ClN2O4. The maximum absolute atomic E-state index is 13.3. The largest absolute Gasteiger partial charge is 0.496 e. The average molecular weight is 409 g/mol. The van der Waals surface area contributed by atoms with Gasteiger partial charge in [-0.3, -0.25) is 9.59 Å². The first kappa shape index (κ1) is 19.0. The molecule has 0 radical (unpaired) electrons. The topological polar surface area (TPSA) is 74.3 Å². The quantitative estimate of drug-likeness (QED) is 0.494. The Bertz CT molecular complexity index is 1280. The lowest BCUT2D eigenvalue weighted by Gasteiger charge is -2.16. The lowest BCUT2D eigenvalue weighted by molar-refractivity contribution is 0.0961. The Morgan fingerprint density at radius 3 is 2.34 bits per heavy atom. The minimum absolute atomic E-state index is 0.344. The first-order valence-electron chi connectivity index (χ1n) is 8.88. The van der Waals surface area contributed by atoms with Crippen LogP contribution in [0.5, 0.6) is 5.75 Å². The summed E-state index contributed by atoms with van der Waals surface area (Å²) in [5.74, 6) is 0.615. The van der Waals surface area contributed by atoms with Crippen molar-refractivity contribution in [3.63, 3.8) is 0 Å². The fourth-order valence-electron chi connectivity index (χ4n) is 3.48. The summed E-state index contributed by atoms with van der Waals surface area (Å²) in [6, 6.07) is 13.1. The van der Waals surface area contributed by atoms with Crippen molar-refractivity contribution in [3.05, 3.63) is 80.9 Å².